The van der Waals surface area contributed by atoms with Gasteiger partial charge in [0.15, 0.2) is 0 Å². The van der Waals surface area contributed by atoms with Crippen LogP contribution >= 0.6 is 0 Å². The van der Waals surface area contributed by atoms with Gasteiger partial charge in [-0.15, -0.1) is 0 Å². The van der Waals surface area contributed by atoms with E-state index in [-0.39, 0.29) is 5.91 Å². The third-order valence-corrected chi connectivity index (χ3v) is 5.72. The zero-order valence-corrected chi connectivity index (χ0v) is 17.1. The number of nitrogens with one attached hydrogen (secondary N) is 1. The van der Waals surface area contributed by atoms with Crippen LogP contribution in [0.3, 0.4) is 0 Å². The Bertz CT molecular complexity index is 825. The fraction of sp³-hybridized carbons (Fsp3) is 0.545. The first-order valence-corrected chi connectivity index (χ1v) is 10.3. The Kier molecular flexibility index (Phi) is 5.51. The highest BCUT2D eigenvalue weighted by atomic mass is 16.5. The van der Waals surface area contributed by atoms with Gasteiger partial charge in [-0.25, -0.2) is 0 Å². The average Bonchev–Trinajstić information content (AvgIpc) is 3.39. The monoisotopic (exact) mass is 382 g/mol. The van der Waals surface area contributed by atoms with Gasteiger partial charge < -0.3 is 9.84 Å². The third-order valence-electron chi connectivity index (χ3n) is 5.72. The molecule has 2 aromatic rings. The third kappa shape index (κ3) is 4.62. The van der Waals surface area contributed by atoms with Crippen molar-refractivity contribution in [1.29, 1.82) is 0 Å². The maximum absolute atomic E-state index is 12.5. The van der Waals surface area contributed by atoms with Gasteiger partial charge in [0.1, 0.15) is 5.76 Å². The molecule has 6 heteroatoms. The first kappa shape index (κ1) is 19.2. The zero-order chi connectivity index (χ0) is 19.7. The lowest BCUT2D eigenvalue weighted by molar-refractivity contribution is -0.117. The molecule has 1 aromatic carbocycles. The standard InChI is InChI=1S/C22H30N4O2/c1-15-10-16(2)22(17(3)11-15)23-21(27)14-26-8-6-25(7-9-26)13-19-12-20(28-24-19)18-4-5-18/h10-12,18H,4-9,13-14H2,1-3H3,(H,23,27). The second kappa shape index (κ2) is 8.05. The summed E-state index contributed by atoms with van der Waals surface area (Å²) in [7, 11) is 0. The predicted octanol–water partition coefficient (Wildman–Crippen LogP) is 3.23. The number of hydrogen-bond acceptors (Lipinski definition) is 5. The van der Waals surface area contributed by atoms with Crippen molar-refractivity contribution in [2.45, 2.75) is 46.1 Å². The first-order chi connectivity index (χ1) is 13.5. The molecule has 4 rings (SSSR count). The molecule has 1 aromatic heterocycles. The van der Waals surface area contributed by atoms with Crippen molar-refractivity contribution in [2.75, 3.05) is 38.0 Å². The molecule has 1 amide bonds. The first-order valence-electron chi connectivity index (χ1n) is 10.3. The van der Waals surface area contributed by atoms with Crippen LogP contribution in [0.25, 0.3) is 0 Å². The van der Waals surface area contributed by atoms with Crippen LogP contribution in [-0.2, 0) is 11.3 Å². The number of aromatic nitrogens is 1. The normalized spacial score (nSPS) is 18.4. The van der Waals surface area contributed by atoms with E-state index in [1.165, 1.54) is 18.4 Å². The molecule has 1 saturated carbocycles. The van der Waals surface area contributed by atoms with Gasteiger partial charge in [-0.1, -0.05) is 22.9 Å². The Morgan fingerprint density at radius 2 is 1.71 bits per heavy atom. The molecule has 1 saturated heterocycles. The van der Waals surface area contributed by atoms with Crippen molar-refractivity contribution in [2.24, 2.45) is 0 Å². The van der Waals surface area contributed by atoms with Crippen LogP contribution < -0.4 is 5.32 Å². The quantitative estimate of drug-likeness (QED) is 0.831. The molecule has 0 bridgehead atoms. The van der Waals surface area contributed by atoms with Crippen LogP contribution in [0, 0.1) is 20.8 Å². The topological polar surface area (TPSA) is 61.6 Å². The van der Waals surface area contributed by atoms with Crippen LogP contribution in [-0.4, -0.2) is 53.6 Å². The summed E-state index contributed by atoms with van der Waals surface area (Å²) in [6, 6.07) is 6.34. The molecule has 2 heterocycles. The van der Waals surface area contributed by atoms with Crippen LogP contribution in [0.15, 0.2) is 22.7 Å². The number of hydrogen-bond donors (Lipinski definition) is 1. The lowest BCUT2D eigenvalue weighted by Gasteiger charge is -2.33. The molecule has 6 nitrogen and oxygen atoms in total. The maximum Gasteiger partial charge on any atom is 0.238 e. The molecule has 150 valence electrons. The van der Waals surface area contributed by atoms with E-state index >= 15 is 0 Å². The predicted molar refractivity (Wildman–Crippen MR) is 109 cm³/mol. The lowest BCUT2D eigenvalue weighted by atomic mass is 10.1. The Hall–Kier alpha value is -2.18. The number of benzene rings is 1. The van der Waals surface area contributed by atoms with Gasteiger partial charge >= 0.3 is 0 Å². The van der Waals surface area contributed by atoms with E-state index < -0.39 is 0 Å². The Morgan fingerprint density at radius 1 is 1.07 bits per heavy atom. The number of anilines is 1. The fourth-order valence-electron chi connectivity index (χ4n) is 4.06. The van der Waals surface area contributed by atoms with E-state index in [1.54, 1.807) is 0 Å². The van der Waals surface area contributed by atoms with E-state index in [0.29, 0.717) is 12.5 Å². The minimum Gasteiger partial charge on any atom is -0.361 e. The summed E-state index contributed by atoms with van der Waals surface area (Å²) in [6.45, 7) is 11.1. The highest BCUT2D eigenvalue weighted by molar-refractivity contribution is 5.93. The molecule has 0 unspecified atom stereocenters. The largest absolute Gasteiger partial charge is 0.361 e. The molecule has 1 aliphatic carbocycles. The molecule has 2 fully saturated rings. The maximum atomic E-state index is 12.5. The average molecular weight is 383 g/mol. The van der Waals surface area contributed by atoms with Crippen molar-refractivity contribution in [3.63, 3.8) is 0 Å². The van der Waals surface area contributed by atoms with Crippen molar-refractivity contribution in [1.82, 2.24) is 15.0 Å². The lowest BCUT2D eigenvalue weighted by Crippen LogP contribution is -2.48. The molecule has 2 aliphatic rings. The summed E-state index contributed by atoms with van der Waals surface area (Å²) in [5.74, 6) is 1.72. The summed E-state index contributed by atoms with van der Waals surface area (Å²) in [4.78, 5) is 17.1. The smallest absolute Gasteiger partial charge is 0.238 e. The molecule has 1 N–H and O–H groups in total. The van der Waals surface area contributed by atoms with E-state index in [4.69, 9.17) is 4.52 Å². The van der Waals surface area contributed by atoms with E-state index in [2.05, 4.69) is 45.4 Å². The Morgan fingerprint density at radius 3 is 2.36 bits per heavy atom. The van der Waals surface area contributed by atoms with Gasteiger partial charge in [-0.05, 0) is 44.7 Å². The Labute approximate surface area is 166 Å². The number of nitrogens with zero attached hydrogens (tertiary/aromatic N) is 3. The SMILES string of the molecule is Cc1cc(C)c(NC(=O)CN2CCN(Cc3cc(C4CC4)on3)CC2)c(C)c1. The number of amides is 1. The van der Waals surface area contributed by atoms with Gasteiger partial charge in [0, 0.05) is 50.4 Å². The van der Waals surface area contributed by atoms with Gasteiger partial charge in [0.05, 0.1) is 12.2 Å². The molecule has 28 heavy (non-hydrogen) atoms. The molecular formula is C22H30N4O2. The van der Waals surface area contributed by atoms with Gasteiger partial charge in [0.25, 0.3) is 0 Å². The summed E-state index contributed by atoms with van der Waals surface area (Å²) in [5, 5.41) is 7.32. The van der Waals surface area contributed by atoms with Crippen LogP contribution in [0.5, 0.6) is 0 Å². The summed E-state index contributed by atoms with van der Waals surface area (Å²) in [5.41, 5.74) is 5.44. The summed E-state index contributed by atoms with van der Waals surface area (Å²) < 4.78 is 5.45. The van der Waals surface area contributed by atoms with Crippen molar-refractivity contribution in [3.05, 3.63) is 46.3 Å². The van der Waals surface area contributed by atoms with Gasteiger partial charge in [-0.2, -0.15) is 0 Å². The van der Waals surface area contributed by atoms with Crippen molar-refractivity contribution < 1.29 is 9.32 Å². The van der Waals surface area contributed by atoms with Crippen molar-refractivity contribution >= 4 is 11.6 Å². The fourth-order valence-corrected chi connectivity index (χ4v) is 4.06. The molecule has 0 radical (unpaired) electrons. The van der Waals surface area contributed by atoms with Crippen LogP contribution in [0.1, 0.15) is 46.9 Å². The highest BCUT2D eigenvalue weighted by Gasteiger charge is 2.28. The van der Waals surface area contributed by atoms with E-state index in [1.807, 2.05) is 13.8 Å². The number of carbonyl (C=O) groups excluding carboxylic acids is 1. The van der Waals surface area contributed by atoms with Crippen molar-refractivity contribution in [3.8, 4) is 0 Å². The van der Waals surface area contributed by atoms with Gasteiger partial charge in [-0.3, -0.25) is 14.6 Å². The van der Waals surface area contributed by atoms with Gasteiger partial charge in [0.2, 0.25) is 5.91 Å². The van der Waals surface area contributed by atoms with E-state index in [0.717, 1.165) is 61.0 Å². The second-order valence-electron chi connectivity index (χ2n) is 8.37. The number of rotatable bonds is 6. The molecule has 0 spiro atoms. The Balaban J connectivity index is 1.24. The minimum atomic E-state index is 0.0640. The number of aryl methyl sites for hydroxylation is 3. The molecule has 0 atom stereocenters. The van der Waals surface area contributed by atoms with Crippen LogP contribution in [0.4, 0.5) is 5.69 Å². The second-order valence-corrected chi connectivity index (χ2v) is 8.37. The van der Waals surface area contributed by atoms with Crippen LogP contribution in [0.2, 0.25) is 0 Å². The van der Waals surface area contributed by atoms with E-state index in [9.17, 15) is 4.79 Å². The summed E-state index contributed by atoms with van der Waals surface area (Å²) in [6.07, 6.45) is 2.47. The minimum absolute atomic E-state index is 0.0640. The number of piperazine rings is 1. The number of carbonyl (C=O) groups is 1. The summed E-state index contributed by atoms with van der Waals surface area (Å²) >= 11 is 0. The molecule has 1 aliphatic heterocycles. The highest BCUT2D eigenvalue weighted by Crippen LogP contribution is 2.40. The molecular weight excluding hydrogens is 352 g/mol. The zero-order valence-electron chi connectivity index (χ0n) is 17.1.